The number of carbonyl (C=O) groups is 1. The van der Waals surface area contributed by atoms with Gasteiger partial charge in [-0.1, -0.05) is 19.1 Å². The van der Waals surface area contributed by atoms with Gasteiger partial charge in [-0.3, -0.25) is 19.5 Å². The van der Waals surface area contributed by atoms with Gasteiger partial charge in [0.2, 0.25) is 5.76 Å². The van der Waals surface area contributed by atoms with E-state index in [2.05, 4.69) is 9.97 Å². The minimum atomic E-state index is -0.617. The fourth-order valence-corrected chi connectivity index (χ4v) is 4.29. The Morgan fingerprint density at radius 3 is 2.82 bits per heavy atom. The molecule has 1 aliphatic heterocycles. The van der Waals surface area contributed by atoms with E-state index in [1.807, 2.05) is 25.1 Å². The summed E-state index contributed by atoms with van der Waals surface area (Å²) < 4.78 is 5.94. The van der Waals surface area contributed by atoms with Crippen molar-refractivity contribution in [3.63, 3.8) is 0 Å². The average Bonchev–Trinajstić information content (AvgIpc) is 3.35. The maximum Gasteiger partial charge on any atom is 0.297 e. The Morgan fingerprint density at radius 1 is 1.21 bits per heavy atom. The van der Waals surface area contributed by atoms with Crippen molar-refractivity contribution < 1.29 is 9.21 Å². The topological polar surface area (TPSA) is 76.3 Å². The molecule has 1 atom stereocenters. The predicted molar refractivity (Wildman–Crippen MR) is 107 cm³/mol. The molecule has 0 spiro atoms. The lowest BCUT2D eigenvalue weighted by molar-refractivity contribution is 0.0971. The summed E-state index contributed by atoms with van der Waals surface area (Å²) >= 11 is 1.34. The van der Waals surface area contributed by atoms with Crippen LogP contribution in [0, 0.1) is 0 Å². The highest BCUT2D eigenvalue weighted by molar-refractivity contribution is 7.13. The van der Waals surface area contributed by atoms with Crippen LogP contribution in [0.15, 0.2) is 63.5 Å². The van der Waals surface area contributed by atoms with Crippen LogP contribution in [0.1, 0.15) is 40.2 Å². The minimum Gasteiger partial charge on any atom is -0.450 e. The molecule has 28 heavy (non-hydrogen) atoms. The van der Waals surface area contributed by atoms with Crippen LogP contribution in [-0.4, -0.2) is 15.9 Å². The van der Waals surface area contributed by atoms with E-state index < -0.39 is 6.04 Å². The second-order valence-electron chi connectivity index (χ2n) is 6.54. The summed E-state index contributed by atoms with van der Waals surface area (Å²) in [5, 5.41) is 2.80. The second kappa shape index (κ2) is 6.38. The van der Waals surface area contributed by atoms with Gasteiger partial charge in [0.05, 0.1) is 17.0 Å². The highest BCUT2D eigenvalue weighted by atomic mass is 32.1. The molecule has 0 bridgehead atoms. The van der Waals surface area contributed by atoms with Crippen LogP contribution in [0.3, 0.4) is 0 Å². The molecule has 4 aromatic rings. The molecule has 4 heterocycles. The maximum atomic E-state index is 13.5. The minimum absolute atomic E-state index is 0.0748. The van der Waals surface area contributed by atoms with E-state index in [0.29, 0.717) is 21.7 Å². The molecule has 1 amide bonds. The first-order chi connectivity index (χ1) is 13.7. The molecule has 3 aromatic heterocycles. The lowest BCUT2D eigenvalue weighted by atomic mass is 9.99. The van der Waals surface area contributed by atoms with Crippen LogP contribution in [0.4, 0.5) is 5.13 Å². The average molecular weight is 389 g/mol. The van der Waals surface area contributed by atoms with Gasteiger partial charge in [-0.15, -0.1) is 11.3 Å². The quantitative estimate of drug-likeness (QED) is 0.530. The summed E-state index contributed by atoms with van der Waals surface area (Å²) in [4.78, 5) is 36.7. The number of pyridine rings is 1. The van der Waals surface area contributed by atoms with E-state index in [1.54, 1.807) is 36.1 Å². The van der Waals surface area contributed by atoms with E-state index in [0.717, 1.165) is 17.5 Å². The summed E-state index contributed by atoms with van der Waals surface area (Å²) in [6.45, 7) is 2.03. The van der Waals surface area contributed by atoms with Crippen molar-refractivity contribution in [1.82, 2.24) is 9.97 Å². The third kappa shape index (κ3) is 2.40. The standard InChI is InChI=1S/C21H15N3O3S/c1-2-12-5-6-15-14(10-12)18(25)16-17(13-4-3-7-22-11-13)24(20(26)19(16)27-15)21-23-8-9-28-21/h3-11,17H,2H2,1H3. The monoisotopic (exact) mass is 389 g/mol. The van der Waals surface area contributed by atoms with Crippen molar-refractivity contribution in [2.45, 2.75) is 19.4 Å². The molecule has 0 radical (unpaired) electrons. The van der Waals surface area contributed by atoms with Gasteiger partial charge in [0.1, 0.15) is 5.58 Å². The van der Waals surface area contributed by atoms with E-state index in [1.165, 1.54) is 16.2 Å². The largest absolute Gasteiger partial charge is 0.450 e. The van der Waals surface area contributed by atoms with Crippen LogP contribution in [0.2, 0.25) is 0 Å². The Morgan fingerprint density at radius 2 is 2.11 bits per heavy atom. The predicted octanol–water partition coefficient (Wildman–Crippen LogP) is 3.96. The molecule has 0 fully saturated rings. The Kier molecular flexibility index (Phi) is 3.84. The molecule has 5 rings (SSSR count). The third-order valence-electron chi connectivity index (χ3n) is 4.97. The summed E-state index contributed by atoms with van der Waals surface area (Å²) in [5.41, 5.74) is 2.35. The normalized spacial score (nSPS) is 16.0. The fraction of sp³-hybridized carbons (Fsp3) is 0.143. The smallest absolute Gasteiger partial charge is 0.297 e. The molecular formula is C21H15N3O3S. The maximum absolute atomic E-state index is 13.5. The first-order valence-corrected chi connectivity index (χ1v) is 9.79. The van der Waals surface area contributed by atoms with Crippen molar-refractivity contribution in [2.24, 2.45) is 0 Å². The highest BCUT2D eigenvalue weighted by Crippen LogP contribution is 2.41. The van der Waals surface area contributed by atoms with Crippen LogP contribution < -0.4 is 10.3 Å². The number of carbonyl (C=O) groups excluding carboxylic acids is 1. The highest BCUT2D eigenvalue weighted by Gasteiger charge is 2.44. The number of rotatable bonds is 3. The van der Waals surface area contributed by atoms with Gasteiger partial charge in [0.25, 0.3) is 5.91 Å². The lowest BCUT2D eigenvalue weighted by Gasteiger charge is -2.22. The number of fused-ring (bicyclic) bond motifs is 2. The van der Waals surface area contributed by atoms with E-state index in [4.69, 9.17) is 4.42 Å². The van der Waals surface area contributed by atoms with E-state index >= 15 is 0 Å². The zero-order valence-electron chi connectivity index (χ0n) is 15.0. The van der Waals surface area contributed by atoms with Gasteiger partial charge in [0.15, 0.2) is 10.6 Å². The van der Waals surface area contributed by atoms with Gasteiger partial charge >= 0.3 is 0 Å². The van der Waals surface area contributed by atoms with Crippen LogP contribution >= 0.6 is 11.3 Å². The molecule has 0 saturated heterocycles. The second-order valence-corrected chi connectivity index (χ2v) is 7.41. The summed E-state index contributed by atoms with van der Waals surface area (Å²) in [6.07, 6.45) is 5.77. The summed E-state index contributed by atoms with van der Waals surface area (Å²) in [7, 11) is 0. The van der Waals surface area contributed by atoms with Crippen molar-refractivity contribution in [2.75, 3.05) is 4.90 Å². The zero-order chi connectivity index (χ0) is 19.3. The Balaban J connectivity index is 1.83. The van der Waals surface area contributed by atoms with Crippen molar-refractivity contribution >= 4 is 33.3 Å². The molecule has 6 nitrogen and oxygen atoms in total. The molecular weight excluding hydrogens is 374 g/mol. The zero-order valence-corrected chi connectivity index (χ0v) is 15.8. The molecule has 0 N–H and O–H groups in total. The van der Waals surface area contributed by atoms with Crippen molar-refractivity contribution in [3.8, 4) is 0 Å². The van der Waals surface area contributed by atoms with Crippen LogP contribution in [-0.2, 0) is 6.42 Å². The number of anilines is 1. The van der Waals surface area contributed by atoms with Crippen molar-refractivity contribution in [1.29, 1.82) is 0 Å². The molecule has 7 heteroatoms. The lowest BCUT2D eigenvalue weighted by Crippen LogP contribution is -2.29. The number of nitrogens with zero attached hydrogens (tertiary/aromatic N) is 3. The van der Waals surface area contributed by atoms with Gasteiger partial charge in [-0.25, -0.2) is 4.98 Å². The van der Waals surface area contributed by atoms with Crippen LogP contribution in [0.5, 0.6) is 0 Å². The number of benzene rings is 1. The van der Waals surface area contributed by atoms with Gasteiger partial charge in [0, 0.05) is 24.0 Å². The Labute approximate surface area is 164 Å². The first-order valence-electron chi connectivity index (χ1n) is 8.91. The van der Waals surface area contributed by atoms with Crippen LogP contribution in [0.25, 0.3) is 11.0 Å². The molecule has 1 aromatic carbocycles. The Hall–Kier alpha value is -3.32. The number of amides is 1. The van der Waals surface area contributed by atoms with Gasteiger partial charge < -0.3 is 4.42 Å². The SMILES string of the molecule is CCc1ccc2oc3c(c(=O)c2c1)C(c1cccnc1)N(c1nccs1)C3=O. The summed E-state index contributed by atoms with van der Waals surface area (Å²) in [5.74, 6) is -0.289. The number of thiazole rings is 1. The van der Waals surface area contributed by atoms with Gasteiger partial charge in [-0.2, -0.15) is 0 Å². The number of hydrogen-bond acceptors (Lipinski definition) is 6. The van der Waals surface area contributed by atoms with E-state index in [-0.39, 0.29) is 17.1 Å². The third-order valence-corrected chi connectivity index (χ3v) is 5.74. The molecule has 138 valence electrons. The number of hydrogen-bond donors (Lipinski definition) is 0. The molecule has 1 aliphatic rings. The van der Waals surface area contributed by atoms with Gasteiger partial charge in [-0.05, 0) is 35.7 Å². The molecule has 1 unspecified atom stereocenters. The Bertz CT molecular complexity index is 1250. The number of aryl methyl sites for hydroxylation is 1. The van der Waals surface area contributed by atoms with Crippen molar-refractivity contribution in [3.05, 3.63) is 87.0 Å². The molecule has 0 aliphatic carbocycles. The summed E-state index contributed by atoms with van der Waals surface area (Å²) in [6, 6.07) is 8.54. The van der Waals surface area contributed by atoms with E-state index in [9.17, 15) is 9.59 Å². The fourth-order valence-electron chi connectivity index (χ4n) is 3.63. The number of aromatic nitrogens is 2. The first kappa shape index (κ1) is 16.8. The molecule has 0 saturated carbocycles.